The zero-order valence-corrected chi connectivity index (χ0v) is 10.3. The molecule has 0 bridgehead atoms. The summed E-state index contributed by atoms with van der Waals surface area (Å²) in [7, 11) is 0. The fraction of sp³-hybridized carbons (Fsp3) is 0.308. The van der Waals surface area contributed by atoms with E-state index in [-0.39, 0.29) is 5.91 Å². The number of nitrogens with zero attached hydrogens (tertiary/aromatic N) is 1. The van der Waals surface area contributed by atoms with Crippen molar-refractivity contribution in [2.75, 3.05) is 13.1 Å². The Morgan fingerprint density at radius 3 is 2.82 bits per heavy atom. The first-order valence-corrected chi connectivity index (χ1v) is 6.12. The van der Waals surface area contributed by atoms with Gasteiger partial charge in [-0.25, -0.2) is 0 Å². The zero-order chi connectivity index (χ0) is 12.0. The molecule has 17 heavy (non-hydrogen) atoms. The number of aryl methyl sites for hydroxylation is 1. The monoisotopic (exact) mass is 248 g/mol. The third-order valence-corrected chi connectivity index (χ3v) is 3.79. The van der Waals surface area contributed by atoms with Gasteiger partial charge in [-0.1, -0.05) is 11.6 Å². The van der Waals surface area contributed by atoms with Gasteiger partial charge in [0.2, 0.25) is 0 Å². The number of hydrogen-bond acceptors (Lipinski definition) is 1. The number of amides is 1. The topological polar surface area (TPSA) is 36.1 Å². The van der Waals surface area contributed by atoms with Gasteiger partial charge in [-0.3, -0.25) is 4.79 Å². The molecule has 1 aliphatic heterocycles. The maximum Gasteiger partial charge on any atom is 0.270 e. The van der Waals surface area contributed by atoms with Crippen molar-refractivity contribution in [1.29, 1.82) is 0 Å². The molecule has 1 aliphatic rings. The lowest BCUT2D eigenvalue weighted by Gasteiger charge is -2.30. The highest BCUT2D eigenvalue weighted by Crippen LogP contribution is 2.26. The predicted molar refractivity (Wildman–Crippen MR) is 68.6 cm³/mol. The van der Waals surface area contributed by atoms with E-state index in [0.717, 1.165) is 41.0 Å². The van der Waals surface area contributed by atoms with Crippen molar-refractivity contribution in [3.8, 4) is 0 Å². The Kier molecular flexibility index (Phi) is 2.37. The number of aromatic nitrogens is 1. The Morgan fingerprint density at radius 1 is 1.41 bits per heavy atom. The largest absolute Gasteiger partial charge is 0.351 e. The average molecular weight is 249 g/mol. The highest BCUT2D eigenvalue weighted by Gasteiger charge is 2.23. The van der Waals surface area contributed by atoms with Gasteiger partial charge in [-0.2, -0.15) is 0 Å². The van der Waals surface area contributed by atoms with Crippen LogP contribution in [-0.4, -0.2) is 28.9 Å². The van der Waals surface area contributed by atoms with Crippen molar-refractivity contribution in [1.82, 2.24) is 9.88 Å². The van der Waals surface area contributed by atoms with Crippen LogP contribution >= 0.6 is 11.6 Å². The summed E-state index contributed by atoms with van der Waals surface area (Å²) in [6.45, 7) is 3.71. The first-order valence-electron chi connectivity index (χ1n) is 5.74. The molecule has 0 atom stereocenters. The van der Waals surface area contributed by atoms with Gasteiger partial charge in [-0.15, -0.1) is 0 Å². The minimum absolute atomic E-state index is 0.0861. The molecule has 1 aromatic carbocycles. The number of H-pyrrole nitrogens is 1. The van der Waals surface area contributed by atoms with E-state index in [4.69, 9.17) is 11.6 Å². The van der Waals surface area contributed by atoms with Crippen LogP contribution in [0.2, 0.25) is 5.02 Å². The molecule has 0 saturated carbocycles. The molecule has 2 aromatic rings. The lowest BCUT2D eigenvalue weighted by Crippen LogP contribution is -2.42. The summed E-state index contributed by atoms with van der Waals surface area (Å²) in [5.41, 5.74) is 2.64. The fourth-order valence-electron chi connectivity index (χ4n) is 2.13. The van der Waals surface area contributed by atoms with Crippen LogP contribution in [0.4, 0.5) is 0 Å². The zero-order valence-electron chi connectivity index (χ0n) is 9.59. The Labute approximate surface area is 104 Å². The molecular formula is C13H13ClN2O. The van der Waals surface area contributed by atoms with Crippen LogP contribution in [0.5, 0.6) is 0 Å². The number of carbonyl (C=O) groups excluding carboxylic acids is 1. The molecular weight excluding hydrogens is 236 g/mol. The third-order valence-electron chi connectivity index (χ3n) is 3.38. The summed E-state index contributed by atoms with van der Waals surface area (Å²) in [5, 5.41) is 1.76. The van der Waals surface area contributed by atoms with Crippen molar-refractivity contribution >= 4 is 28.4 Å². The fourth-order valence-corrected chi connectivity index (χ4v) is 2.29. The molecule has 88 valence electrons. The predicted octanol–water partition coefficient (Wildman–Crippen LogP) is 2.98. The van der Waals surface area contributed by atoms with Crippen LogP contribution in [0, 0.1) is 6.92 Å². The SMILES string of the molecule is Cc1c(Cl)ccc2[nH]c(C(=O)N3CCC3)cc12. The summed E-state index contributed by atoms with van der Waals surface area (Å²) in [5.74, 6) is 0.0861. The van der Waals surface area contributed by atoms with E-state index in [1.54, 1.807) is 0 Å². The van der Waals surface area contributed by atoms with E-state index in [0.29, 0.717) is 5.69 Å². The van der Waals surface area contributed by atoms with E-state index in [2.05, 4.69) is 4.98 Å². The van der Waals surface area contributed by atoms with Gasteiger partial charge in [0.05, 0.1) is 0 Å². The van der Waals surface area contributed by atoms with Crippen LogP contribution in [0.15, 0.2) is 18.2 Å². The molecule has 1 amide bonds. The summed E-state index contributed by atoms with van der Waals surface area (Å²) >= 11 is 6.07. The van der Waals surface area contributed by atoms with Gasteiger partial charge in [0.15, 0.2) is 0 Å². The number of hydrogen-bond donors (Lipinski definition) is 1. The first kappa shape index (κ1) is 10.7. The molecule has 1 aromatic heterocycles. The lowest BCUT2D eigenvalue weighted by atomic mass is 10.1. The second-order valence-electron chi connectivity index (χ2n) is 4.46. The first-order chi connectivity index (χ1) is 8.16. The van der Waals surface area contributed by atoms with Crippen molar-refractivity contribution in [2.24, 2.45) is 0 Å². The van der Waals surface area contributed by atoms with Gasteiger partial charge in [0, 0.05) is 29.0 Å². The Balaban J connectivity index is 2.07. The number of benzene rings is 1. The van der Waals surface area contributed by atoms with Crippen molar-refractivity contribution in [2.45, 2.75) is 13.3 Å². The van der Waals surface area contributed by atoms with Gasteiger partial charge >= 0.3 is 0 Å². The van der Waals surface area contributed by atoms with E-state index < -0.39 is 0 Å². The quantitative estimate of drug-likeness (QED) is 0.828. The smallest absolute Gasteiger partial charge is 0.270 e. The molecule has 1 fully saturated rings. The van der Waals surface area contributed by atoms with E-state index >= 15 is 0 Å². The highest BCUT2D eigenvalue weighted by molar-refractivity contribution is 6.32. The molecule has 1 saturated heterocycles. The van der Waals surface area contributed by atoms with Crippen molar-refractivity contribution < 1.29 is 4.79 Å². The van der Waals surface area contributed by atoms with E-state index in [1.165, 1.54) is 0 Å². The minimum atomic E-state index is 0.0861. The van der Waals surface area contributed by atoms with Crippen LogP contribution in [0.3, 0.4) is 0 Å². The van der Waals surface area contributed by atoms with Gasteiger partial charge < -0.3 is 9.88 Å². The summed E-state index contributed by atoms with van der Waals surface area (Å²) in [6.07, 6.45) is 1.11. The number of rotatable bonds is 1. The van der Waals surface area contributed by atoms with Gasteiger partial charge in [0.1, 0.15) is 5.69 Å². The normalized spacial score (nSPS) is 15.1. The molecule has 3 rings (SSSR count). The van der Waals surface area contributed by atoms with Gasteiger partial charge in [0.25, 0.3) is 5.91 Å². The maximum absolute atomic E-state index is 12.1. The molecule has 0 aliphatic carbocycles. The van der Waals surface area contributed by atoms with Crippen LogP contribution in [0.1, 0.15) is 22.5 Å². The maximum atomic E-state index is 12.1. The summed E-state index contributed by atoms with van der Waals surface area (Å²) in [6, 6.07) is 5.67. The number of aromatic amines is 1. The number of likely N-dealkylation sites (tertiary alicyclic amines) is 1. The van der Waals surface area contributed by atoms with E-state index in [1.807, 2.05) is 30.0 Å². The lowest BCUT2D eigenvalue weighted by molar-refractivity contribution is 0.0646. The molecule has 0 unspecified atom stereocenters. The summed E-state index contributed by atoms with van der Waals surface area (Å²) < 4.78 is 0. The average Bonchev–Trinajstić information content (AvgIpc) is 2.65. The van der Waals surface area contributed by atoms with Gasteiger partial charge in [-0.05, 0) is 37.1 Å². The highest BCUT2D eigenvalue weighted by atomic mass is 35.5. The molecule has 1 N–H and O–H groups in total. The summed E-state index contributed by atoms with van der Waals surface area (Å²) in [4.78, 5) is 17.1. The third kappa shape index (κ3) is 1.62. The molecule has 0 spiro atoms. The second kappa shape index (κ2) is 3.77. The molecule has 4 heteroatoms. The van der Waals surface area contributed by atoms with Crippen LogP contribution in [-0.2, 0) is 0 Å². The molecule has 0 radical (unpaired) electrons. The minimum Gasteiger partial charge on any atom is -0.351 e. The van der Waals surface area contributed by atoms with Crippen molar-refractivity contribution in [3.63, 3.8) is 0 Å². The number of fused-ring (bicyclic) bond motifs is 1. The van der Waals surface area contributed by atoms with Crippen LogP contribution in [0.25, 0.3) is 10.9 Å². The molecule has 3 nitrogen and oxygen atoms in total. The Bertz CT molecular complexity index is 599. The van der Waals surface area contributed by atoms with E-state index in [9.17, 15) is 4.79 Å². The Morgan fingerprint density at radius 2 is 2.18 bits per heavy atom. The second-order valence-corrected chi connectivity index (χ2v) is 4.87. The number of halogens is 1. The Hall–Kier alpha value is -1.48. The standard InChI is InChI=1S/C13H13ClN2O/c1-8-9-7-12(13(17)16-5-2-6-16)15-11(9)4-3-10(8)14/h3-4,7,15H,2,5-6H2,1H3. The molecule has 2 heterocycles. The number of nitrogens with one attached hydrogen (secondary N) is 1. The number of carbonyl (C=O) groups is 1. The van der Waals surface area contributed by atoms with Crippen molar-refractivity contribution in [3.05, 3.63) is 34.5 Å². The van der Waals surface area contributed by atoms with Crippen LogP contribution < -0.4 is 0 Å².